The van der Waals surface area contributed by atoms with Gasteiger partial charge in [-0.05, 0) is 25.4 Å². The molecule has 1 aliphatic rings. The molecule has 1 rings (SSSR count). The van der Waals surface area contributed by atoms with Crippen LogP contribution in [-0.4, -0.2) is 25.7 Å². The average Bonchev–Trinajstić information content (AvgIpc) is 2.34. The molecule has 0 unspecified atom stereocenters. The topological polar surface area (TPSA) is 67.2 Å². The van der Waals surface area contributed by atoms with Gasteiger partial charge in [0.05, 0.1) is 0 Å². The summed E-state index contributed by atoms with van der Waals surface area (Å²) < 4.78 is 0. The summed E-state index contributed by atoms with van der Waals surface area (Å²) in [6.07, 6.45) is 1.14. The Morgan fingerprint density at radius 1 is 1.80 bits per heavy atom. The SMILES string of the molecule is NC(=O)NC[C@@H]1CCNC1. The van der Waals surface area contributed by atoms with Crippen molar-refractivity contribution in [1.29, 1.82) is 0 Å². The summed E-state index contributed by atoms with van der Waals surface area (Å²) >= 11 is 0. The van der Waals surface area contributed by atoms with Crippen LogP contribution in [0.5, 0.6) is 0 Å². The fraction of sp³-hybridized carbons (Fsp3) is 0.833. The summed E-state index contributed by atoms with van der Waals surface area (Å²) in [7, 11) is 0. The fourth-order valence-corrected chi connectivity index (χ4v) is 1.13. The van der Waals surface area contributed by atoms with Crippen LogP contribution in [0.1, 0.15) is 6.42 Å². The molecule has 58 valence electrons. The molecular weight excluding hydrogens is 130 g/mol. The Labute approximate surface area is 60.2 Å². The molecule has 10 heavy (non-hydrogen) atoms. The Morgan fingerprint density at radius 3 is 3.10 bits per heavy atom. The molecule has 0 aromatic heterocycles. The number of rotatable bonds is 2. The quantitative estimate of drug-likeness (QED) is 0.477. The van der Waals surface area contributed by atoms with Crippen molar-refractivity contribution in [2.45, 2.75) is 6.42 Å². The lowest BCUT2D eigenvalue weighted by Gasteiger charge is -2.06. The van der Waals surface area contributed by atoms with Gasteiger partial charge >= 0.3 is 6.03 Å². The van der Waals surface area contributed by atoms with E-state index in [9.17, 15) is 4.79 Å². The van der Waals surface area contributed by atoms with E-state index in [0.717, 1.165) is 19.5 Å². The van der Waals surface area contributed by atoms with Gasteiger partial charge < -0.3 is 16.4 Å². The molecule has 4 nitrogen and oxygen atoms in total. The summed E-state index contributed by atoms with van der Waals surface area (Å²) in [4.78, 5) is 10.2. The van der Waals surface area contributed by atoms with Crippen molar-refractivity contribution in [2.75, 3.05) is 19.6 Å². The molecule has 0 aromatic rings. The minimum atomic E-state index is -0.424. The summed E-state index contributed by atoms with van der Waals surface area (Å²) in [5.74, 6) is 0.576. The predicted octanol–water partition coefficient (Wildman–Crippen LogP) is -0.736. The number of urea groups is 1. The van der Waals surface area contributed by atoms with Gasteiger partial charge in [0.2, 0.25) is 0 Å². The standard InChI is InChI=1S/C6H13N3O/c7-6(10)9-4-5-1-2-8-3-5/h5,8H,1-4H2,(H3,7,9,10)/t5-/m1/s1. The highest BCUT2D eigenvalue weighted by molar-refractivity contribution is 5.71. The van der Waals surface area contributed by atoms with Gasteiger partial charge in [-0.15, -0.1) is 0 Å². The number of amides is 2. The summed E-state index contributed by atoms with van der Waals surface area (Å²) in [5.41, 5.74) is 4.90. The van der Waals surface area contributed by atoms with Gasteiger partial charge in [0.15, 0.2) is 0 Å². The lowest BCUT2D eigenvalue weighted by atomic mass is 10.1. The molecule has 1 aliphatic heterocycles. The maximum atomic E-state index is 10.2. The highest BCUT2D eigenvalue weighted by Crippen LogP contribution is 2.04. The van der Waals surface area contributed by atoms with E-state index in [1.165, 1.54) is 0 Å². The molecule has 1 atom stereocenters. The van der Waals surface area contributed by atoms with Crippen molar-refractivity contribution >= 4 is 6.03 Å². The van der Waals surface area contributed by atoms with Crippen LogP contribution < -0.4 is 16.4 Å². The van der Waals surface area contributed by atoms with Crippen molar-refractivity contribution in [3.05, 3.63) is 0 Å². The zero-order valence-corrected chi connectivity index (χ0v) is 5.89. The third kappa shape index (κ3) is 2.23. The van der Waals surface area contributed by atoms with Gasteiger partial charge in [-0.1, -0.05) is 0 Å². The van der Waals surface area contributed by atoms with E-state index in [-0.39, 0.29) is 0 Å². The molecule has 0 aromatic carbocycles. The fourth-order valence-electron chi connectivity index (χ4n) is 1.13. The second-order valence-corrected chi connectivity index (χ2v) is 2.60. The van der Waals surface area contributed by atoms with E-state index in [0.29, 0.717) is 12.5 Å². The van der Waals surface area contributed by atoms with Crippen molar-refractivity contribution in [1.82, 2.24) is 10.6 Å². The minimum absolute atomic E-state index is 0.424. The van der Waals surface area contributed by atoms with Gasteiger partial charge in [0, 0.05) is 6.54 Å². The Morgan fingerprint density at radius 2 is 2.60 bits per heavy atom. The molecular formula is C6H13N3O. The molecule has 0 radical (unpaired) electrons. The molecule has 4 heteroatoms. The lowest BCUT2D eigenvalue weighted by molar-refractivity contribution is 0.247. The number of carbonyl (C=O) groups excluding carboxylic acids is 1. The van der Waals surface area contributed by atoms with E-state index in [1.54, 1.807) is 0 Å². The van der Waals surface area contributed by atoms with Crippen LogP contribution in [0.4, 0.5) is 4.79 Å². The summed E-state index contributed by atoms with van der Waals surface area (Å²) in [6.45, 7) is 2.77. The second-order valence-electron chi connectivity index (χ2n) is 2.60. The zero-order valence-electron chi connectivity index (χ0n) is 5.89. The number of carbonyl (C=O) groups is 1. The van der Waals surface area contributed by atoms with Crippen LogP contribution >= 0.6 is 0 Å². The van der Waals surface area contributed by atoms with Gasteiger partial charge in [0.1, 0.15) is 0 Å². The van der Waals surface area contributed by atoms with Gasteiger partial charge in [-0.25, -0.2) is 4.79 Å². The monoisotopic (exact) mass is 143 g/mol. The largest absolute Gasteiger partial charge is 0.352 e. The minimum Gasteiger partial charge on any atom is -0.352 e. The maximum absolute atomic E-state index is 10.2. The maximum Gasteiger partial charge on any atom is 0.312 e. The van der Waals surface area contributed by atoms with E-state index in [2.05, 4.69) is 10.6 Å². The molecule has 1 saturated heterocycles. The van der Waals surface area contributed by atoms with Gasteiger partial charge in [-0.3, -0.25) is 0 Å². The first-order valence-electron chi connectivity index (χ1n) is 3.53. The highest BCUT2D eigenvalue weighted by atomic mass is 16.2. The van der Waals surface area contributed by atoms with Crippen molar-refractivity contribution in [3.8, 4) is 0 Å². The molecule has 0 spiro atoms. The first-order valence-corrected chi connectivity index (χ1v) is 3.53. The van der Waals surface area contributed by atoms with Crippen molar-refractivity contribution in [3.63, 3.8) is 0 Å². The van der Waals surface area contributed by atoms with Gasteiger partial charge in [-0.2, -0.15) is 0 Å². The summed E-state index contributed by atoms with van der Waals surface area (Å²) in [5, 5.41) is 5.79. The van der Waals surface area contributed by atoms with Crippen LogP contribution in [0.15, 0.2) is 0 Å². The molecule has 4 N–H and O–H groups in total. The van der Waals surface area contributed by atoms with E-state index >= 15 is 0 Å². The van der Waals surface area contributed by atoms with Crippen LogP contribution in [-0.2, 0) is 0 Å². The first-order chi connectivity index (χ1) is 4.79. The van der Waals surface area contributed by atoms with E-state index in [1.807, 2.05) is 0 Å². The first kappa shape index (κ1) is 7.34. The lowest BCUT2D eigenvalue weighted by Crippen LogP contribution is -2.34. The molecule has 0 saturated carbocycles. The molecule has 1 fully saturated rings. The van der Waals surface area contributed by atoms with Crippen LogP contribution in [0, 0.1) is 5.92 Å². The average molecular weight is 143 g/mol. The number of primary amides is 1. The van der Waals surface area contributed by atoms with Crippen LogP contribution in [0.25, 0.3) is 0 Å². The molecule has 2 amide bonds. The van der Waals surface area contributed by atoms with Crippen LogP contribution in [0.2, 0.25) is 0 Å². The Balaban J connectivity index is 2.07. The Hall–Kier alpha value is -0.770. The highest BCUT2D eigenvalue weighted by Gasteiger charge is 2.13. The predicted molar refractivity (Wildman–Crippen MR) is 38.6 cm³/mol. The third-order valence-electron chi connectivity index (χ3n) is 1.73. The molecule has 0 bridgehead atoms. The smallest absolute Gasteiger partial charge is 0.312 e. The normalized spacial score (nSPS) is 24.6. The van der Waals surface area contributed by atoms with Crippen molar-refractivity contribution in [2.24, 2.45) is 11.7 Å². The van der Waals surface area contributed by atoms with E-state index < -0.39 is 6.03 Å². The number of nitrogens with two attached hydrogens (primary N) is 1. The third-order valence-corrected chi connectivity index (χ3v) is 1.73. The summed E-state index contributed by atoms with van der Waals surface area (Å²) in [6, 6.07) is -0.424. The Kier molecular flexibility index (Phi) is 2.50. The second kappa shape index (κ2) is 3.41. The number of hydrogen-bond donors (Lipinski definition) is 3. The molecule has 0 aliphatic carbocycles. The van der Waals surface area contributed by atoms with E-state index in [4.69, 9.17) is 5.73 Å². The number of hydrogen-bond acceptors (Lipinski definition) is 2. The molecule has 1 heterocycles. The Bertz CT molecular complexity index is 120. The van der Waals surface area contributed by atoms with Crippen LogP contribution in [0.3, 0.4) is 0 Å². The van der Waals surface area contributed by atoms with Crippen molar-refractivity contribution < 1.29 is 4.79 Å². The number of nitrogens with one attached hydrogen (secondary N) is 2. The zero-order chi connectivity index (χ0) is 7.40. The van der Waals surface area contributed by atoms with Gasteiger partial charge in [0.25, 0.3) is 0 Å².